The summed E-state index contributed by atoms with van der Waals surface area (Å²) in [5, 5.41) is 10.9. The van der Waals surface area contributed by atoms with Crippen molar-refractivity contribution in [3.63, 3.8) is 0 Å². The van der Waals surface area contributed by atoms with Gasteiger partial charge in [0.05, 0.1) is 14.2 Å². The third kappa shape index (κ3) is 3.07. The maximum Gasteiger partial charge on any atom is 0.147 e. The largest absolute Gasteiger partial charge is 0.495 e. The van der Waals surface area contributed by atoms with Crippen LogP contribution in [0.2, 0.25) is 10.0 Å². The Kier molecular flexibility index (Phi) is 4.93. The van der Waals surface area contributed by atoms with Crippen LogP contribution in [0.1, 0.15) is 17.2 Å². The molecule has 2 aromatic rings. The lowest BCUT2D eigenvalue weighted by Gasteiger charge is -2.18. The summed E-state index contributed by atoms with van der Waals surface area (Å²) < 4.78 is 24.2. The molecule has 2 rings (SSSR count). The second-order valence-electron chi connectivity index (χ2n) is 4.27. The third-order valence-corrected chi connectivity index (χ3v) is 3.66. The lowest BCUT2D eigenvalue weighted by atomic mass is 10.00. The van der Waals surface area contributed by atoms with Gasteiger partial charge in [-0.1, -0.05) is 29.3 Å². The van der Waals surface area contributed by atoms with E-state index < -0.39 is 11.9 Å². The van der Waals surface area contributed by atoms with E-state index in [1.807, 2.05) is 0 Å². The molecule has 6 heteroatoms. The summed E-state index contributed by atoms with van der Waals surface area (Å²) in [7, 11) is 2.88. The Morgan fingerprint density at radius 2 is 1.71 bits per heavy atom. The molecule has 1 unspecified atom stereocenters. The molecule has 1 N–H and O–H groups in total. The minimum atomic E-state index is -1.24. The van der Waals surface area contributed by atoms with Gasteiger partial charge in [0.2, 0.25) is 0 Å². The minimum Gasteiger partial charge on any atom is -0.495 e. The highest BCUT2D eigenvalue weighted by Gasteiger charge is 2.22. The van der Waals surface area contributed by atoms with Crippen LogP contribution in [0.15, 0.2) is 30.3 Å². The van der Waals surface area contributed by atoms with E-state index in [1.54, 1.807) is 12.1 Å². The first-order valence-electron chi connectivity index (χ1n) is 6.03. The fraction of sp³-hybridized carbons (Fsp3) is 0.200. The highest BCUT2D eigenvalue weighted by molar-refractivity contribution is 6.33. The van der Waals surface area contributed by atoms with Crippen LogP contribution in [0.25, 0.3) is 0 Å². The zero-order valence-corrected chi connectivity index (χ0v) is 12.9. The average molecular weight is 331 g/mol. The van der Waals surface area contributed by atoms with E-state index in [4.69, 9.17) is 32.7 Å². The quantitative estimate of drug-likeness (QED) is 0.911. The molecule has 112 valence electrons. The van der Waals surface area contributed by atoms with Gasteiger partial charge >= 0.3 is 0 Å². The molecule has 21 heavy (non-hydrogen) atoms. The summed E-state index contributed by atoms with van der Waals surface area (Å²) in [5.41, 5.74) is 0.420. The van der Waals surface area contributed by atoms with Gasteiger partial charge in [0.15, 0.2) is 0 Å². The van der Waals surface area contributed by atoms with Crippen molar-refractivity contribution in [1.82, 2.24) is 0 Å². The fourth-order valence-electron chi connectivity index (χ4n) is 2.02. The smallest absolute Gasteiger partial charge is 0.147 e. The van der Waals surface area contributed by atoms with Crippen molar-refractivity contribution in [1.29, 1.82) is 0 Å². The van der Waals surface area contributed by atoms with Crippen molar-refractivity contribution in [2.45, 2.75) is 6.10 Å². The highest BCUT2D eigenvalue weighted by atomic mass is 35.5. The fourth-order valence-corrected chi connectivity index (χ4v) is 2.51. The molecule has 0 spiro atoms. The van der Waals surface area contributed by atoms with Gasteiger partial charge in [-0.3, -0.25) is 0 Å². The van der Waals surface area contributed by atoms with Crippen LogP contribution >= 0.6 is 23.2 Å². The summed E-state index contributed by atoms with van der Waals surface area (Å²) in [6.07, 6.45) is -1.24. The topological polar surface area (TPSA) is 38.7 Å². The van der Waals surface area contributed by atoms with E-state index in [-0.39, 0.29) is 21.4 Å². The van der Waals surface area contributed by atoms with Crippen LogP contribution in [0, 0.1) is 5.82 Å². The predicted octanol–water partition coefficient (Wildman–Crippen LogP) is 4.23. The van der Waals surface area contributed by atoms with Crippen LogP contribution in [-0.4, -0.2) is 19.3 Å². The highest BCUT2D eigenvalue weighted by Crippen LogP contribution is 2.41. The molecule has 2 aromatic carbocycles. The van der Waals surface area contributed by atoms with Crippen LogP contribution in [0.5, 0.6) is 11.5 Å². The Bertz CT molecular complexity index is 662. The van der Waals surface area contributed by atoms with E-state index in [0.29, 0.717) is 11.3 Å². The molecule has 0 aromatic heterocycles. The van der Waals surface area contributed by atoms with Crippen LogP contribution < -0.4 is 9.47 Å². The second kappa shape index (κ2) is 6.52. The molecule has 0 radical (unpaired) electrons. The van der Waals surface area contributed by atoms with Gasteiger partial charge in [-0.25, -0.2) is 4.39 Å². The number of hydrogen-bond acceptors (Lipinski definition) is 3. The van der Waals surface area contributed by atoms with E-state index in [2.05, 4.69) is 0 Å². The molecule has 0 amide bonds. The SMILES string of the molecule is COc1ccc(C(O)c2ccc(Cl)cc2F)c(OC)c1Cl. The molecule has 0 saturated carbocycles. The summed E-state index contributed by atoms with van der Waals surface area (Å²) in [4.78, 5) is 0. The normalized spacial score (nSPS) is 12.1. The van der Waals surface area contributed by atoms with Gasteiger partial charge in [0, 0.05) is 16.1 Å². The van der Waals surface area contributed by atoms with Crippen molar-refractivity contribution < 1.29 is 19.0 Å². The van der Waals surface area contributed by atoms with E-state index >= 15 is 0 Å². The molecule has 0 aliphatic carbocycles. The first-order valence-corrected chi connectivity index (χ1v) is 6.78. The first kappa shape index (κ1) is 15.9. The number of halogens is 3. The number of methoxy groups -OCH3 is 2. The standard InChI is InChI=1S/C15H13Cl2FO3/c1-20-12-6-5-10(15(21-2)13(12)17)14(19)9-4-3-8(16)7-11(9)18/h3-7,14,19H,1-2H3. The molecule has 1 atom stereocenters. The maximum absolute atomic E-state index is 13.9. The maximum atomic E-state index is 13.9. The molecule has 0 aliphatic rings. The zero-order valence-electron chi connectivity index (χ0n) is 11.4. The Labute approximate surface area is 131 Å². The molecule has 0 fully saturated rings. The zero-order chi connectivity index (χ0) is 15.6. The van der Waals surface area contributed by atoms with Gasteiger partial charge in [0.25, 0.3) is 0 Å². The number of hydrogen-bond donors (Lipinski definition) is 1. The molecule has 3 nitrogen and oxygen atoms in total. The summed E-state index contributed by atoms with van der Waals surface area (Å²) >= 11 is 11.8. The summed E-state index contributed by atoms with van der Waals surface area (Å²) in [6, 6.07) is 7.21. The predicted molar refractivity (Wildman–Crippen MR) is 80.0 cm³/mol. The monoisotopic (exact) mass is 330 g/mol. The van der Waals surface area contributed by atoms with E-state index in [0.717, 1.165) is 6.07 Å². The summed E-state index contributed by atoms with van der Waals surface area (Å²) in [6.45, 7) is 0. The van der Waals surface area contributed by atoms with E-state index in [9.17, 15) is 9.50 Å². The van der Waals surface area contributed by atoms with Gasteiger partial charge in [-0.2, -0.15) is 0 Å². The number of ether oxygens (including phenoxy) is 2. The van der Waals surface area contributed by atoms with Crippen molar-refractivity contribution in [2.75, 3.05) is 14.2 Å². The number of rotatable bonds is 4. The van der Waals surface area contributed by atoms with Crippen LogP contribution in [-0.2, 0) is 0 Å². The van der Waals surface area contributed by atoms with Gasteiger partial charge in [0.1, 0.15) is 28.4 Å². The van der Waals surface area contributed by atoms with Crippen LogP contribution in [0.3, 0.4) is 0 Å². The van der Waals surface area contributed by atoms with Crippen molar-refractivity contribution in [2.24, 2.45) is 0 Å². The van der Waals surface area contributed by atoms with Crippen molar-refractivity contribution in [3.05, 3.63) is 57.3 Å². The van der Waals surface area contributed by atoms with E-state index in [1.165, 1.54) is 26.4 Å². The lowest BCUT2D eigenvalue weighted by molar-refractivity contribution is 0.209. The van der Waals surface area contributed by atoms with Gasteiger partial charge in [-0.05, 0) is 24.3 Å². The number of aliphatic hydroxyl groups is 1. The van der Waals surface area contributed by atoms with Gasteiger partial charge < -0.3 is 14.6 Å². The second-order valence-corrected chi connectivity index (χ2v) is 5.09. The van der Waals surface area contributed by atoms with Crippen LogP contribution in [0.4, 0.5) is 4.39 Å². The number of benzene rings is 2. The van der Waals surface area contributed by atoms with Crippen molar-refractivity contribution >= 4 is 23.2 Å². The Morgan fingerprint density at radius 1 is 1.05 bits per heavy atom. The third-order valence-electron chi connectivity index (χ3n) is 3.07. The Balaban J connectivity index is 2.52. The molecular formula is C15H13Cl2FO3. The van der Waals surface area contributed by atoms with Gasteiger partial charge in [-0.15, -0.1) is 0 Å². The molecule has 0 bridgehead atoms. The number of aliphatic hydroxyl groups excluding tert-OH is 1. The molecular weight excluding hydrogens is 318 g/mol. The Hall–Kier alpha value is -1.49. The first-order chi connectivity index (χ1) is 9.99. The molecule has 0 saturated heterocycles. The molecule has 0 aliphatic heterocycles. The minimum absolute atomic E-state index is 0.0823. The average Bonchev–Trinajstić information content (AvgIpc) is 2.46. The summed E-state index contributed by atoms with van der Waals surface area (Å²) in [5.74, 6) is 0.0305. The molecule has 0 heterocycles. The van der Waals surface area contributed by atoms with Crippen molar-refractivity contribution in [3.8, 4) is 11.5 Å². The Morgan fingerprint density at radius 3 is 2.29 bits per heavy atom. The lowest BCUT2D eigenvalue weighted by Crippen LogP contribution is -2.05.